The van der Waals surface area contributed by atoms with Crippen LogP contribution in [-0.4, -0.2) is 77.3 Å². The summed E-state index contributed by atoms with van der Waals surface area (Å²) in [4.78, 5) is 57.0. The third-order valence-electron chi connectivity index (χ3n) is 7.73. The van der Waals surface area contributed by atoms with Gasteiger partial charge < -0.3 is 25.2 Å². The second-order valence-corrected chi connectivity index (χ2v) is 12.0. The number of piperidine rings is 1. The van der Waals surface area contributed by atoms with Gasteiger partial charge in [0.2, 0.25) is 11.8 Å². The van der Waals surface area contributed by atoms with Crippen molar-refractivity contribution in [3.8, 4) is 15.5 Å². The molecule has 0 aliphatic carbocycles. The standard InChI is InChI=1S/C29H36N4O5S/c1-18(2)16-21(31-29(37)38-25-12-11-24(39-25)19-8-4-3-5-9-19)28(36)32-15-13-22-26(32)23(34)17-33(22)27(35)20-10-6-7-14-30-20/h3-5,8-9,11-12,18,20-22,26,30H,6-7,10,13-17H2,1-2H3,(H,31,37). The van der Waals surface area contributed by atoms with Crippen LogP contribution in [0, 0.1) is 5.92 Å². The van der Waals surface area contributed by atoms with Gasteiger partial charge in [0.15, 0.2) is 10.8 Å². The molecule has 4 unspecified atom stereocenters. The van der Waals surface area contributed by atoms with Crippen LogP contribution in [0.3, 0.4) is 0 Å². The fourth-order valence-electron chi connectivity index (χ4n) is 5.91. The van der Waals surface area contributed by atoms with E-state index in [1.165, 1.54) is 11.3 Å². The number of ketones is 1. The van der Waals surface area contributed by atoms with Gasteiger partial charge in [0.05, 0.1) is 18.6 Å². The van der Waals surface area contributed by atoms with Crippen molar-refractivity contribution < 1.29 is 23.9 Å². The van der Waals surface area contributed by atoms with Crippen LogP contribution in [0.2, 0.25) is 0 Å². The van der Waals surface area contributed by atoms with Gasteiger partial charge in [0.25, 0.3) is 0 Å². The Bertz CT molecular complexity index is 1210. The molecule has 0 saturated carbocycles. The first-order chi connectivity index (χ1) is 18.8. The maximum absolute atomic E-state index is 13.7. The topological polar surface area (TPSA) is 108 Å². The highest BCUT2D eigenvalue weighted by Crippen LogP contribution is 2.34. The van der Waals surface area contributed by atoms with E-state index in [4.69, 9.17) is 4.74 Å². The first-order valence-corrected chi connectivity index (χ1v) is 14.6. The number of carbonyl (C=O) groups is 4. The molecular weight excluding hydrogens is 516 g/mol. The molecule has 0 spiro atoms. The van der Waals surface area contributed by atoms with Crippen LogP contribution in [-0.2, 0) is 14.4 Å². The summed E-state index contributed by atoms with van der Waals surface area (Å²) >= 11 is 1.35. The monoisotopic (exact) mass is 552 g/mol. The zero-order valence-electron chi connectivity index (χ0n) is 22.4. The van der Waals surface area contributed by atoms with Crippen molar-refractivity contribution in [3.63, 3.8) is 0 Å². The Hall–Kier alpha value is -3.24. The summed E-state index contributed by atoms with van der Waals surface area (Å²) in [6.45, 7) is 5.16. The predicted molar refractivity (Wildman–Crippen MR) is 148 cm³/mol. The highest BCUT2D eigenvalue weighted by atomic mass is 32.1. The Labute approximate surface area is 232 Å². The van der Waals surface area contributed by atoms with Gasteiger partial charge in [0.1, 0.15) is 12.1 Å². The Morgan fingerprint density at radius 3 is 2.59 bits per heavy atom. The molecule has 3 aliphatic heterocycles. The van der Waals surface area contributed by atoms with Crippen LogP contribution >= 0.6 is 11.3 Å². The molecule has 2 aromatic rings. The molecule has 3 amide bonds. The normalized spacial score (nSPS) is 23.6. The predicted octanol–water partition coefficient (Wildman–Crippen LogP) is 3.44. The summed E-state index contributed by atoms with van der Waals surface area (Å²) in [6, 6.07) is 11.4. The lowest BCUT2D eigenvalue weighted by atomic mass is 10.0. The van der Waals surface area contributed by atoms with Crippen molar-refractivity contribution >= 4 is 35.0 Å². The van der Waals surface area contributed by atoms with E-state index in [-0.39, 0.29) is 42.1 Å². The van der Waals surface area contributed by atoms with Gasteiger partial charge in [-0.15, -0.1) is 0 Å². The number of ether oxygens (including phenoxy) is 1. The minimum Gasteiger partial charge on any atom is -0.399 e. The van der Waals surface area contributed by atoms with Crippen molar-refractivity contribution in [2.75, 3.05) is 19.6 Å². The molecule has 5 rings (SSSR count). The Balaban J connectivity index is 1.24. The van der Waals surface area contributed by atoms with Crippen molar-refractivity contribution in [2.24, 2.45) is 5.92 Å². The number of rotatable bonds is 7. The number of carbonyl (C=O) groups excluding carboxylic acids is 4. The van der Waals surface area contributed by atoms with E-state index < -0.39 is 18.2 Å². The van der Waals surface area contributed by atoms with Crippen molar-refractivity contribution in [2.45, 2.75) is 70.1 Å². The number of fused-ring (bicyclic) bond motifs is 1. The maximum Gasteiger partial charge on any atom is 0.414 e. The van der Waals surface area contributed by atoms with E-state index in [9.17, 15) is 19.2 Å². The van der Waals surface area contributed by atoms with E-state index in [0.29, 0.717) is 24.4 Å². The fraction of sp³-hybridized carbons (Fsp3) is 0.517. The molecule has 4 heterocycles. The molecule has 4 atom stereocenters. The molecule has 10 heteroatoms. The average Bonchev–Trinajstić information content (AvgIpc) is 3.66. The van der Waals surface area contributed by atoms with Gasteiger partial charge in [-0.25, -0.2) is 4.79 Å². The van der Waals surface area contributed by atoms with Gasteiger partial charge >= 0.3 is 6.09 Å². The van der Waals surface area contributed by atoms with Crippen molar-refractivity contribution in [3.05, 3.63) is 42.5 Å². The number of nitrogens with one attached hydrogen (secondary N) is 2. The van der Waals surface area contributed by atoms with Gasteiger partial charge in [-0.3, -0.25) is 14.4 Å². The second-order valence-electron chi connectivity index (χ2n) is 11.0. The third-order valence-corrected chi connectivity index (χ3v) is 8.74. The second kappa shape index (κ2) is 11.9. The Morgan fingerprint density at radius 1 is 1.08 bits per heavy atom. The first-order valence-electron chi connectivity index (χ1n) is 13.8. The van der Waals surface area contributed by atoms with Crippen LogP contribution in [0.25, 0.3) is 10.4 Å². The molecule has 1 aromatic carbocycles. The molecular formula is C29H36N4O5S. The largest absolute Gasteiger partial charge is 0.414 e. The van der Waals surface area contributed by atoms with Crippen LogP contribution in [0.1, 0.15) is 46.0 Å². The molecule has 3 fully saturated rings. The molecule has 208 valence electrons. The van der Waals surface area contributed by atoms with Crippen molar-refractivity contribution in [1.29, 1.82) is 0 Å². The van der Waals surface area contributed by atoms with Crippen LogP contribution < -0.4 is 15.4 Å². The average molecular weight is 553 g/mol. The van der Waals surface area contributed by atoms with Gasteiger partial charge in [0, 0.05) is 11.4 Å². The molecule has 9 nitrogen and oxygen atoms in total. The number of hydrogen-bond donors (Lipinski definition) is 2. The van der Waals surface area contributed by atoms with Crippen LogP contribution in [0.4, 0.5) is 4.79 Å². The highest BCUT2D eigenvalue weighted by molar-refractivity contribution is 7.17. The zero-order valence-corrected chi connectivity index (χ0v) is 23.2. The summed E-state index contributed by atoms with van der Waals surface area (Å²) in [6.07, 6.45) is 3.06. The molecule has 1 aromatic heterocycles. The number of benzene rings is 1. The lowest BCUT2D eigenvalue weighted by Gasteiger charge is -2.31. The third kappa shape index (κ3) is 6.01. The van der Waals surface area contributed by atoms with Crippen LogP contribution in [0.15, 0.2) is 42.5 Å². The zero-order chi connectivity index (χ0) is 27.5. The summed E-state index contributed by atoms with van der Waals surface area (Å²) in [5.74, 6) is -0.342. The molecule has 0 bridgehead atoms. The molecule has 3 saturated heterocycles. The number of amides is 3. The maximum atomic E-state index is 13.7. The van der Waals surface area contributed by atoms with E-state index in [1.807, 2.05) is 50.2 Å². The number of nitrogens with zero attached hydrogens (tertiary/aromatic N) is 2. The molecule has 3 aliphatic rings. The summed E-state index contributed by atoms with van der Waals surface area (Å²) in [5, 5.41) is 6.46. The summed E-state index contributed by atoms with van der Waals surface area (Å²) in [5.41, 5.74) is 1.03. The molecule has 2 N–H and O–H groups in total. The first kappa shape index (κ1) is 27.3. The Kier molecular flexibility index (Phi) is 8.32. The van der Waals surface area contributed by atoms with Crippen molar-refractivity contribution in [1.82, 2.24) is 20.4 Å². The fourth-order valence-corrected chi connectivity index (χ4v) is 6.77. The van der Waals surface area contributed by atoms with E-state index in [2.05, 4.69) is 10.6 Å². The van der Waals surface area contributed by atoms with E-state index in [1.54, 1.807) is 15.9 Å². The minimum atomic E-state index is -0.831. The van der Waals surface area contributed by atoms with E-state index >= 15 is 0 Å². The summed E-state index contributed by atoms with van der Waals surface area (Å²) in [7, 11) is 0. The van der Waals surface area contributed by atoms with Crippen LogP contribution in [0.5, 0.6) is 5.06 Å². The lowest BCUT2D eigenvalue weighted by Crippen LogP contribution is -2.54. The smallest absolute Gasteiger partial charge is 0.399 e. The van der Waals surface area contributed by atoms with E-state index in [0.717, 1.165) is 36.2 Å². The van der Waals surface area contributed by atoms with Gasteiger partial charge in [-0.2, -0.15) is 0 Å². The summed E-state index contributed by atoms with van der Waals surface area (Å²) < 4.78 is 5.54. The Morgan fingerprint density at radius 2 is 1.87 bits per heavy atom. The molecule has 39 heavy (non-hydrogen) atoms. The highest BCUT2D eigenvalue weighted by Gasteiger charge is 2.53. The quantitative estimate of drug-likeness (QED) is 0.545. The molecule has 0 radical (unpaired) electrons. The van der Waals surface area contributed by atoms with Gasteiger partial charge in [-0.05, 0) is 55.8 Å². The number of likely N-dealkylation sites (tertiary alicyclic amines) is 2. The number of thiophene rings is 1. The number of Topliss-reactive ketones (excluding diaryl/α,β-unsaturated/α-hetero) is 1. The minimum absolute atomic E-state index is 0.0303. The SMILES string of the molecule is CC(C)CC(NC(=O)Oc1ccc(-c2ccccc2)s1)C(=O)N1CCC2C1C(=O)CN2C(=O)C1CCCCN1. The number of hydrogen-bond acceptors (Lipinski definition) is 7. The lowest BCUT2D eigenvalue weighted by molar-refractivity contribution is -0.138. The van der Waals surface area contributed by atoms with Gasteiger partial charge in [-0.1, -0.05) is 61.9 Å².